The molecule has 1 aliphatic heterocycles. The highest BCUT2D eigenvalue weighted by molar-refractivity contribution is 8.15. The first-order valence-electron chi connectivity index (χ1n) is 15.3. The van der Waals surface area contributed by atoms with Crippen LogP contribution in [0.3, 0.4) is 0 Å². The van der Waals surface area contributed by atoms with Crippen LogP contribution in [0.25, 0.3) is 17.1 Å². The molecule has 1 fully saturated rings. The summed E-state index contributed by atoms with van der Waals surface area (Å²) in [6.45, 7) is 6.64. The molecule has 0 radical (unpaired) electrons. The Morgan fingerprint density at radius 2 is 1.85 bits per heavy atom. The van der Waals surface area contributed by atoms with E-state index in [0.717, 1.165) is 53.6 Å². The van der Waals surface area contributed by atoms with Crippen LogP contribution >= 0.6 is 11.8 Å². The van der Waals surface area contributed by atoms with Crippen molar-refractivity contribution in [2.45, 2.75) is 58.7 Å². The third-order valence-electron chi connectivity index (χ3n) is 7.62. The highest BCUT2D eigenvalue weighted by Crippen LogP contribution is 2.32. The zero-order valence-corrected chi connectivity index (χ0v) is 27.1. The summed E-state index contributed by atoms with van der Waals surface area (Å²) in [5.74, 6) is 0.565. The lowest BCUT2D eigenvalue weighted by Gasteiger charge is -2.20. The maximum Gasteiger partial charge on any atom is 0.573 e. The van der Waals surface area contributed by atoms with Crippen molar-refractivity contribution in [1.29, 1.82) is 0 Å². The van der Waals surface area contributed by atoms with Gasteiger partial charge in [-0.25, -0.2) is 14.5 Å². The number of urea groups is 1. The monoisotopic (exact) mass is 664 g/mol. The molecule has 0 saturated carbocycles. The van der Waals surface area contributed by atoms with Crippen LogP contribution < -0.4 is 15.0 Å². The second-order valence-corrected chi connectivity index (χ2v) is 12.2. The molecule has 5 rings (SSSR count). The van der Waals surface area contributed by atoms with Gasteiger partial charge in [0, 0.05) is 12.1 Å². The molecule has 47 heavy (non-hydrogen) atoms. The van der Waals surface area contributed by atoms with Crippen LogP contribution in [0.1, 0.15) is 55.7 Å². The first-order valence-corrected chi connectivity index (χ1v) is 16.3. The Bertz CT molecular complexity index is 1740. The van der Waals surface area contributed by atoms with Gasteiger partial charge >= 0.3 is 12.4 Å². The Labute approximate surface area is 275 Å². The van der Waals surface area contributed by atoms with Crippen LogP contribution in [0.4, 0.5) is 23.7 Å². The summed E-state index contributed by atoms with van der Waals surface area (Å²) < 4.78 is 42.7. The van der Waals surface area contributed by atoms with Gasteiger partial charge in [0.1, 0.15) is 12.1 Å². The fourth-order valence-corrected chi connectivity index (χ4v) is 6.08. The molecule has 0 bridgehead atoms. The van der Waals surface area contributed by atoms with Crippen molar-refractivity contribution in [2.75, 3.05) is 17.2 Å². The minimum Gasteiger partial charge on any atom is -0.406 e. The lowest BCUT2D eigenvalue weighted by atomic mass is 9.95. The first-order chi connectivity index (χ1) is 22.5. The van der Waals surface area contributed by atoms with Gasteiger partial charge in [0.2, 0.25) is 5.91 Å². The van der Waals surface area contributed by atoms with Gasteiger partial charge in [-0.3, -0.25) is 9.69 Å². The molecule has 1 aromatic heterocycles. The van der Waals surface area contributed by atoms with Crippen LogP contribution in [0.15, 0.2) is 78.0 Å². The molecule has 246 valence electrons. The van der Waals surface area contributed by atoms with Gasteiger partial charge in [0.25, 0.3) is 0 Å². The number of ether oxygens (including phenoxy) is 1. The predicted molar refractivity (Wildman–Crippen MR) is 177 cm³/mol. The molecule has 9 nitrogen and oxygen atoms in total. The summed E-state index contributed by atoms with van der Waals surface area (Å²) in [5, 5.41) is 7.71. The van der Waals surface area contributed by atoms with E-state index in [2.05, 4.69) is 39.0 Å². The van der Waals surface area contributed by atoms with Gasteiger partial charge in [-0.05, 0) is 79.1 Å². The third kappa shape index (κ3) is 8.79. The molecule has 13 heteroatoms. The van der Waals surface area contributed by atoms with Crippen LogP contribution in [0.2, 0.25) is 0 Å². The molecule has 0 spiro atoms. The van der Waals surface area contributed by atoms with E-state index >= 15 is 0 Å². The minimum absolute atomic E-state index is 0.0818. The number of carbonyl (C=O) groups excluding carboxylic acids is 2. The zero-order chi connectivity index (χ0) is 33.6. The summed E-state index contributed by atoms with van der Waals surface area (Å²) in [7, 11) is 0. The number of thioether (sulfide) groups is 1. The summed E-state index contributed by atoms with van der Waals surface area (Å²) in [6, 6.07) is 18.8. The zero-order valence-electron chi connectivity index (χ0n) is 26.3. The van der Waals surface area contributed by atoms with E-state index in [1.54, 1.807) is 4.90 Å². The molecule has 1 saturated heterocycles. The van der Waals surface area contributed by atoms with Gasteiger partial charge in [-0.15, -0.1) is 18.3 Å². The van der Waals surface area contributed by atoms with E-state index in [0.29, 0.717) is 23.2 Å². The van der Waals surface area contributed by atoms with E-state index in [9.17, 15) is 22.8 Å². The standard InChI is InChI=1S/C34H35F3N6O3S/c1-4-6-25-9-8-22(2)19-29(25)43-30(44)20-47-33(43)40-32(45)38-18-5-7-23(3)24-10-12-26(13-11-24)31-39-21-42(41-31)27-14-16-28(17-15-27)46-34(35,36)37/h8-17,19,21,23H,4-7,18,20H2,1-3H3,(H,38,45). The number of alkyl halides is 3. The second-order valence-electron chi connectivity index (χ2n) is 11.2. The van der Waals surface area contributed by atoms with Crippen LogP contribution in [0, 0.1) is 6.92 Å². The molecule has 3 aromatic carbocycles. The number of carbonyl (C=O) groups is 2. The fraction of sp³-hybridized carbons (Fsp3) is 0.324. The van der Waals surface area contributed by atoms with Gasteiger partial charge in [-0.1, -0.05) is 68.4 Å². The summed E-state index contributed by atoms with van der Waals surface area (Å²) in [4.78, 5) is 35.6. The average Bonchev–Trinajstić information content (AvgIpc) is 3.67. The lowest BCUT2D eigenvalue weighted by molar-refractivity contribution is -0.274. The molecule has 1 unspecified atom stereocenters. The van der Waals surface area contributed by atoms with E-state index in [-0.39, 0.29) is 23.3 Å². The van der Waals surface area contributed by atoms with Crippen molar-refractivity contribution in [2.24, 2.45) is 4.99 Å². The number of nitrogens with one attached hydrogen (secondary N) is 1. The SMILES string of the molecule is CCCc1ccc(C)cc1N1C(=O)CSC1=NC(=O)NCCCC(C)c1ccc(-c2ncn(-c3ccc(OC(F)(F)F)cc3)n2)cc1. The largest absolute Gasteiger partial charge is 0.573 e. The highest BCUT2D eigenvalue weighted by Gasteiger charge is 2.32. The highest BCUT2D eigenvalue weighted by atomic mass is 32.2. The van der Waals surface area contributed by atoms with Crippen LogP contribution in [0.5, 0.6) is 5.75 Å². The first kappa shape index (κ1) is 33.7. The number of anilines is 1. The Kier molecular flexibility index (Phi) is 10.6. The maximum atomic E-state index is 12.8. The average molecular weight is 665 g/mol. The normalized spacial score (nSPS) is 14.9. The lowest BCUT2D eigenvalue weighted by Crippen LogP contribution is -2.32. The number of amides is 3. The van der Waals surface area contributed by atoms with E-state index in [1.165, 1.54) is 47.0 Å². The number of benzene rings is 3. The molecule has 0 aliphatic carbocycles. The summed E-state index contributed by atoms with van der Waals surface area (Å²) in [6.07, 6.45) is 0.0937. The molecule has 1 N–H and O–H groups in total. The van der Waals surface area contributed by atoms with E-state index < -0.39 is 12.4 Å². The molecule has 3 amide bonds. The number of aromatic nitrogens is 3. The molecular weight excluding hydrogens is 629 g/mol. The van der Waals surface area contributed by atoms with Crippen molar-refractivity contribution in [1.82, 2.24) is 20.1 Å². The van der Waals surface area contributed by atoms with Gasteiger partial charge in [0.15, 0.2) is 11.0 Å². The maximum absolute atomic E-state index is 12.8. The molecule has 4 aromatic rings. The number of halogens is 3. The van der Waals surface area contributed by atoms with Crippen molar-refractivity contribution >= 4 is 34.6 Å². The third-order valence-corrected chi connectivity index (χ3v) is 8.54. The van der Waals surface area contributed by atoms with Crippen LogP contribution in [-0.4, -0.2) is 50.5 Å². The quantitative estimate of drug-likeness (QED) is 0.164. The molecular formula is C34H35F3N6O3S. The van der Waals surface area contributed by atoms with Gasteiger partial charge in [0.05, 0.1) is 17.1 Å². The number of hydrogen-bond donors (Lipinski definition) is 1. The Hall–Kier alpha value is -4.65. The number of aryl methyl sites for hydroxylation is 2. The number of nitrogens with zero attached hydrogens (tertiary/aromatic N) is 5. The Balaban J connectivity index is 1.12. The second kappa shape index (κ2) is 14.8. The topological polar surface area (TPSA) is 102 Å². The van der Waals surface area contributed by atoms with Crippen molar-refractivity contribution in [3.63, 3.8) is 0 Å². The fourth-order valence-electron chi connectivity index (χ4n) is 5.22. The number of rotatable bonds is 11. The Morgan fingerprint density at radius 3 is 2.55 bits per heavy atom. The van der Waals surface area contributed by atoms with Crippen molar-refractivity contribution in [3.8, 4) is 22.8 Å². The number of aliphatic imine (C=N–C) groups is 1. The molecule has 1 aliphatic rings. The number of hydrogen-bond acceptors (Lipinski definition) is 6. The van der Waals surface area contributed by atoms with Crippen LogP contribution in [-0.2, 0) is 11.2 Å². The van der Waals surface area contributed by atoms with E-state index in [4.69, 9.17) is 0 Å². The Morgan fingerprint density at radius 1 is 1.11 bits per heavy atom. The summed E-state index contributed by atoms with van der Waals surface area (Å²) >= 11 is 1.27. The number of amidine groups is 1. The van der Waals surface area contributed by atoms with Gasteiger partial charge < -0.3 is 10.1 Å². The smallest absolute Gasteiger partial charge is 0.406 e. The minimum atomic E-state index is -4.75. The predicted octanol–water partition coefficient (Wildman–Crippen LogP) is 7.82. The summed E-state index contributed by atoms with van der Waals surface area (Å²) in [5.41, 5.74) is 5.36. The van der Waals surface area contributed by atoms with Crippen molar-refractivity contribution < 1.29 is 27.5 Å². The molecule has 2 heterocycles. The van der Waals surface area contributed by atoms with Gasteiger partial charge in [-0.2, -0.15) is 4.99 Å². The van der Waals surface area contributed by atoms with Crippen molar-refractivity contribution in [3.05, 3.63) is 89.7 Å². The molecule has 1 atom stereocenters. The van der Waals surface area contributed by atoms with E-state index in [1.807, 2.05) is 49.4 Å².